The van der Waals surface area contributed by atoms with Crippen molar-refractivity contribution in [3.63, 3.8) is 0 Å². The average Bonchev–Trinajstić information content (AvgIpc) is 2.87. The van der Waals surface area contributed by atoms with E-state index in [9.17, 15) is 4.79 Å². The minimum absolute atomic E-state index is 0.0351. The van der Waals surface area contributed by atoms with Crippen LogP contribution in [0.25, 0.3) is 0 Å². The summed E-state index contributed by atoms with van der Waals surface area (Å²) in [6.07, 6.45) is 0. The number of amides is 1. The van der Waals surface area contributed by atoms with Gasteiger partial charge in [0.1, 0.15) is 5.82 Å². The smallest absolute Gasteiger partial charge is 0.233 e. The summed E-state index contributed by atoms with van der Waals surface area (Å²) >= 11 is 2.93. The van der Waals surface area contributed by atoms with E-state index in [-0.39, 0.29) is 11.2 Å². The van der Waals surface area contributed by atoms with E-state index in [2.05, 4.69) is 15.3 Å². The molecule has 1 amide bonds. The van der Waals surface area contributed by atoms with Crippen molar-refractivity contribution in [2.75, 3.05) is 5.73 Å². The lowest BCUT2D eigenvalue weighted by Gasteiger charge is -2.11. The molecule has 1 unspecified atom stereocenters. The van der Waals surface area contributed by atoms with E-state index in [1.165, 1.54) is 11.8 Å². The van der Waals surface area contributed by atoms with Crippen LogP contribution in [0.1, 0.15) is 17.5 Å². The maximum absolute atomic E-state index is 12.0. The first-order valence-corrected chi connectivity index (χ1v) is 7.88. The van der Waals surface area contributed by atoms with Crippen molar-refractivity contribution in [3.05, 3.63) is 34.2 Å². The monoisotopic (exact) mass is 308 g/mol. The van der Waals surface area contributed by atoms with Gasteiger partial charge in [0, 0.05) is 16.6 Å². The highest BCUT2D eigenvalue weighted by Gasteiger charge is 2.16. The van der Waals surface area contributed by atoms with Crippen LogP contribution >= 0.6 is 23.1 Å². The molecule has 0 aliphatic carbocycles. The van der Waals surface area contributed by atoms with Crippen LogP contribution < -0.4 is 11.1 Å². The molecule has 0 saturated heterocycles. The van der Waals surface area contributed by atoms with E-state index in [0.29, 0.717) is 17.5 Å². The number of nitrogens with one attached hydrogen (secondary N) is 1. The van der Waals surface area contributed by atoms with E-state index in [0.717, 1.165) is 10.6 Å². The SMILES string of the molecule is Cc1cc(N)nc(SC(C)C(=O)NCc2cccs2)n1. The molecule has 0 bridgehead atoms. The van der Waals surface area contributed by atoms with Crippen LogP contribution in [0.5, 0.6) is 0 Å². The number of rotatable bonds is 5. The van der Waals surface area contributed by atoms with Crippen molar-refractivity contribution in [1.82, 2.24) is 15.3 Å². The van der Waals surface area contributed by atoms with Crippen molar-refractivity contribution in [2.45, 2.75) is 30.8 Å². The van der Waals surface area contributed by atoms with Crippen molar-refractivity contribution < 1.29 is 4.79 Å². The lowest BCUT2D eigenvalue weighted by atomic mass is 10.4. The number of thioether (sulfide) groups is 1. The molecule has 0 spiro atoms. The Bertz CT molecular complexity index is 566. The van der Waals surface area contributed by atoms with Crippen molar-refractivity contribution in [3.8, 4) is 0 Å². The molecule has 1 atom stereocenters. The normalized spacial score (nSPS) is 12.1. The third kappa shape index (κ3) is 4.21. The minimum atomic E-state index is -0.267. The summed E-state index contributed by atoms with van der Waals surface area (Å²) in [6, 6.07) is 5.66. The second kappa shape index (κ2) is 6.71. The number of carbonyl (C=O) groups is 1. The molecule has 2 aromatic heterocycles. The molecule has 0 radical (unpaired) electrons. The number of nitrogens with two attached hydrogens (primary N) is 1. The Hall–Kier alpha value is -1.60. The van der Waals surface area contributed by atoms with Gasteiger partial charge in [0.2, 0.25) is 5.91 Å². The first-order chi connectivity index (χ1) is 9.54. The number of thiophene rings is 1. The summed E-state index contributed by atoms with van der Waals surface area (Å²) in [7, 11) is 0. The van der Waals surface area contributed by atoms with E-state index < -0.39 is 0 Å². The molecule has 3 N–H and O–H groups in total. The van der Waals surface area contributed by atoms with Gasteiger partial charge in [0.15, 0.2) is 5.16 Å². The molecular formula is C13H16N4OS2. The Morgan fingerprint density at radius 1 is 1.55 bits per heavy atom. The molecule has 2 heterocycles. The Morgan fingerprint density at radius 3 is 3.00 bits per heavy atom. The van der Waals surface area contributed by atoms with E-state index in [1.807, 2.05) is 31.4 Å². The van der Waals surface area contributed by atoms with Crippen LogP contribution in [0, 0.1) is 6.92 Å². The lowest BCUT2D eigenvalue weighted by Crippen LogP contribution is -2.30. The van der Waals surface area contributed by atoms with Gasteiger partial charge in [-0.05, 0) is 25.3 Å². The minimum Gasteiger partial charge on any atom is -0.384 e. The quantitative estimate of drug-likeness (QED) is 0.654. The summed E-state index contributed by atoms with van der Waals surface area (Å²) in [5.74, 6) is 0.387. The van der Waals surface area contributed by atoms with Gasteiger partial charge in [-0.1, -0.05) is 17.8 Å². The Balaban J connectivity index is 1.90. The molecule has 5 nitrogen and oxygen atoms in total. The third-order valence-corrected chi connectivity index (χ3v) is 4.36. The maximum atomic E-state index is 12.0. The van der Waals surface area contributed by atoms with E-state index in [4.69, 9.17) is 5.73 Å². The lowest BCUT2D eigenvalue weighted by molar-refractivity contribution is -0.120. The standard InChI is InChI=1S/C13H16N4OS2/c1-8-6-11(14)17-13(16-8)20-9(2)12(18)15-7-10-4-3-5-19-10/h3-6,9H,7H2,1-2H3,(H,15,18)(H2,14,16,17). The molecule has 2 rings (SSSR count). The van der Waals surface area contributed by atoms with E-state index in [1.54, 1.807) is 17.4 Å². The zero-order valence-corrected chi connectivity index (χ0v) is 12.9. The van der Waals surface area contributed by atoms with Crippen LogP contribution in [-0.2, 0) is 11.3 Å². The van der Waals surface area contributed by atoms with Crippen LogP contribution in [0.2, 0.25) is 0 Å². The zero-order chi connectivity index (χ0) is 14.5. The fourth-order valence-electron chi connectivity index (χ4n) is 1.56. The summed E-state index contributed by atoms with van der Waals surface area (Å²) < 4.78 is 0. The van der Waals surface area contributed by atoms with Gasteiger partial charge in [0.25, 0.3) is 0 Å². The number of nitrogens with zero attached hydrogens (tertiary/aromatic N) is 2. The molecule has 106 valence electrons. The van der Waals surface area contributed by atoms with E-state index >= 15 is 0 Å². The summed E-state index contributed by atoms with van der Waals surface area (Å²) in [6.45, 7) is 4.23. The van der Waals surface area contributed by atoms with Gasteiger partial charge in [-0.15, -0.1) is 11.3 Å². The van der Waals surface area contributed by atoms with Crippen LogP contribution in [-0.4, -0.2) is 21.1 Å². The molecule has 7 heteroatoms. The molecule has 20 heavy (non-hydrogen) atoms. The van der Waals surface area contributed by atoms with Crippen LogP contribution in [0.15, 0.2) is 28.7 Å². The number of hydrogen-bond donors (Lipinski definition) is 2. The van der Waals surface area contributed by atoms with Gasteiger partial charge >= 0.3 is 0 Å². The van der Waals surface area contributed by atoms with Gasteiger partial charge in [0.05, 0.1) is 11.8 Å². The number of hydrogen-bond acceptors (Lipinski definition) is 6. The predicted octanol–water partition coefficient (Wildman–Crippen LogP) is 2.23. The first-order valence-electron chi connectivity index (χ1n) is 6.12. The van der Waals surface area contributed by atoms with Crippen LogP contribution in [0.3, 0.4) is 0 Å². The van der Waals surface area contributed by atoms with Crippen molar-refractivity contribution >= 4 is 34.8 Å². The van der Waals surface area contributed by atoms with Crippen molar-refractivity contribution in [1.29, 1.82) is 0 Å². The summed E-state index contributed by atoms with van der Waals surface area (Å²) in [4.78, 5) is 21.5. The van der Waals surface area contributed by atoms with Gasteiger partial charge in [-0.2, -0.15) is 0 Å². The zero-order valence-electron chi connectivity index (χ0n) is 11.3. The Labute approximate surface area is 126 Å². The molecule has 0 aliphatic heterocycles. The maximum Gasteiger partial charge on any atom is 0.233 e. The second-order valence-electron chi connectivity index (χ2n) is 4.27. The molecule has 0 aromatic carbocycles. The fourth-order valence-corrected chi connectivity index (χ4v) is 3.07. The predicted molar refractivity (Wildman–Crippen MR) is 82.7 cm³/mol. The Kier molecular flexibility index (Phi) is 4.97. The first kappa shape index (κ1) is 14.8. The fraction of sp³-hybridized carbons (Fsp3) is 0.308. The number of carbonyl (C=O) groups excluding carboxylic acids is 1. The largest absolute Gasteiger partial charge is 0.384 e. The van der Waals surface area contributed by atoms with Crippen molar-refractivity contribution in [2.24, 2.45) is 0 Å². The number of aryl methyl sites for hydroxylation is 1. The van der Waals surface area contributed by atoms with Crippen LogP contribution in [0.4, 0.5) is 5.82 Å². The Morgan fingerprint density at radius 2 is 2.35 bits per heavy atom. The molecule has 2 aromatic rings. The molecule has 0 aliphatic rings. The third-order valence-electron chi connectivity index (χ3n) is 2.52. The summed E-state index contributed by atoms with van der Waals surface area (Å²) in [5.41, 5.74) is 6.47. The number of nitrogen functional groups attached to an aromatic ring is 1. The summed E-state index contributed by atoms with van der Waals surface area (Å²) in [5, 5.41) is 5.15. The van der Waals surface area contributed by atoms with Gasteiger partial charge in [-0.25, -0.2) is 9.97 Å². The average molecular weight is 308 g/mol. The molecule has 0 fully saturated rings. The number of aromatic nitrogens is 2. The van der Waals surface area contributed by atoms with Gasteiger partial charge in [-0.3, -0.25) is 4.79 Å². The van der Waals surface area contributed by atoms with Gasteiger partial charge < -0.3 is 11.1 Å². The molecular weight excluding hydrogens is 292 g/mol. The highest BCUT2D eigenvalue weighted by molar-refractivity contribution is 8.00. The highest BCUT2D eigenvalue weighted by atomic mass is 32.2. The number of anilines is 1. The topological polar surface area (TPSA) is 80.9 Å². The second-order valence-corrected chi connectivity index (χ2v) is 6.61. The molecule has 0 saturated carbocycles. The highest BCUT2D eigenvalue weighted by Crippen LogP contribution is 2.21.